The molecule has 194 valence electrons. The second-order valence-corrected chi connectivity index (χ2v) is 8.23. The number of unbranched alkanes of at least 4 members (excludes halogenated alkanes) is 1. The third kappa shape index (κ3) is 11.6. The van der Waals surface area contributed by atoms with E-state index in [0.29, 0.717) is 29.0 Å². The molecule has 0 saturated heterocycles. The van der Waals surface area contributed by atoms with Crippen LogP contribution in [0.5, 0.6) is 11.5 Å². The summed E-state index contributed by atoms with van der Waals surface area (Å²) in [5.74, 6) is -0.412. The maximum absolute atomic E-state index is 12.9. The van der Waals surface area contributed by atoms with Gasteiger partial charge in [0.1, 0.15) is 29.3 Å². The number of rotatable bonds is 12. The summed E-state index contributed by atoms with van der Waals surface area (Å²) >= 11 is 0. The second-order valence-electron chi connectivity index (χ2n) is 8.23. The molecule has 0 fully saturated rings. The van der Waals surface area contributed by atoms with E-state index in [1.54, 1.807) is 53.0 Å². The van der Waals surface area contributed by atoms with E-state index in [1.165, 1.54) is 14.2 Å². The zero-order valence-electron chi connectivity index (χ0n) is 21.9. The molecule has 1 aromatic rings. The van der Waals surface area contributed by atoms with Gasteiger partial charge in [0.05, 0.1) is 14.2 Å². The van der Waals surface area contributed by atoms with Crippen LogP contribution in [0.2, 0.25) is 0 Å². The molecule has 2 atom stereocenters. The van der Waals surface area contributed by atoms with E-state index in [2.05, 4.69) is 16.6 Å². The molecule has 0 amide bonds. The standard InChI is InChI=1S/C22H31FO5.C4H10O2/c1-7-8-9-13-18-20(19(25-5)14-15(2)21(18)26-6)22(24)27-16(3)11-10-12-17(4)28-23;1-4(2,5)6-3/h9-10,12-14,16-17H,7-8,11H2,1-6H3;5H,1-3H3/b12-10-,13-9+;. The van der Waals surface area contributed by atoms with E-state index >= 15 is 0 Å². The summed E-state index contributed by atoms with van der Waals surface area (Å²) < 4.78 is 33.1. The highest BCUT2D eigenvalue weighted by Gasteiger charge is 2.24. The number of halogens is 1. The van der Waals surface area contributed by atoms with Gasteiger partial charge >= 0.3 is 5.97 Å². The number of hydrogen-bond acceptors (Lipinski definition) is 7. The quantitative estimate of drug-likeness (QED) is 0.222. The summed E-state index contributed by atoms with van der Waals surface area (Å²) in [5.41, 5.74) is 1.83. The van der Waals surface area contributed by atoms with Crippen molar-refractivity contribution < 1.29 is 38.3 Å². The van der Waals surface area contributed by atoms with Crippen molar-refractivity contribution in [1.29, 1.82) is 0 Å². The van der Waals surface area contributed by atoms with Gasteiger partial charge in [-0.2, -0.15) is 4.94 Å². The van der Waals surface area contributed by atoms with Gasteiger partial charge in [-0.15, -0.1) is 0 Å². The average Bonchev–Trinajstić information content (AvgIpc) is 2.78. The highest BCUT2D eigenvalue weighted by Crippen LogP contribution is 2.36. The fourth-order valence-corrected chi connectivity index (χ4v) is 2.74. The minimum absolute atomic E-state index is 0.327. The maximum atomic E-state index is 12.9. The van der Waals surface area contributed by atoms with Gasteiger partial charge < -0.3 is 24.1 Å². The smallest absolute Gasteiger partial charge is 0.342 e. The van der Waals surface area contributed by atoms with Crippen molar-refractivity contribution in [3.8, 4) is 11.5 Å². The van der Waals surface area contributed by atoms with Crippen LogP contribution in [-0.2, 0) is 14.4 Å². The lowest BCUT2D eigenvalue weighted by molar-refractivity contribution is -0.155. The van der Waals surface area contributed by atoms with Crippen LogP contribution >= 0.6 is 0 Å². The molecule has 1 N–H and O–H groups in total. The van der Waals surface area contributed by atoms with Crippen LogP contribution in [0.4, 0.5) is 4.53 Å². The molecule has 1 aromatic carbocycles. The molecule has 7 nitrogen and oxygen atoms in total. The monoisotopic (exact) mass is 484 g/mol. The second kappa shape index (κ2) is 16.2. The number of carbonyl (C=O) groups excluding carboxylic acids is 1. The predicted octanol–water partition coefficient (Wildman–Crippen LogP) is 5.97. The van der Waals surface area contributed by atoms with Crippen LogP contribution in [0.15, 0.2) is 24.3 Å². The van der Waals surface area contributed by atoms with E-state index in [4.69, 9.17) is 19.3 Å². The Morgan fingerprint density at radius 2 is 1.79 bits per heavy atom. The summed E-state index contributed by atoms with van der Waals surface area (Å²) in [6, 6.07) is 1.76. The van der Waals surface area contributed by atoms with Gasteiger partial charge in [-0.25, -0.2) is 4.79 Å². The molecular weight excluding hydrogens is 443 g/mol. The summed E-state index contributed by atoms with van der Waals surface area (Å²) in [6.07, 6.45) is 8.43. The van der Waals surface area contributed by atoms with Gasteiger partial charge in [-0.3, -0.25) is 0 Å². The van der Waals surface area contributed by atoms with Crippen LogP contribution < -0.4 is 9.47 Å². The van der Waals surface area contributed by atoms with Gasteiger partial charge in [-0.1, -0.05) is 37.6 Å². The predicted molar refractivity (Wildman–Crippen MR) is 132 cm³/mol. The number of aliphatic hydroxyl groups is 1. The topological polar surface area (TPSA) is 83.5 Å². The summed E-state index contributed by atoms with van der Waals surface area (Å²) in [6.45, 7) is 10.5. The highest BCUT2D eigenvalue weighted by atomic mass is 19.3. The number of methoxy groups -OCH3 is 3. The maximum Gasteiger partial charge on any atom is 0.342 e. The third-order valence-corrected chi connectivity index (χ3v) is 4.66. The van der Waals surface area contributed by atoms with Crippen LogP contribution in [0, 0.1) is 6.92 Å². The number of hydrogen-bond donors (Lipinski definition) is 1. The Balaban J connectivity index is 0.00000160. The van der Waals surface area contributed by atoms with Crippen LogP contribution in [0.1, 0.15) is 75.4 Å². The average molecular weight is 485 g/mol. The Labute approximate surface area is 203 Å². The SMILES string of the molecule is CCC/C=C/c1c(OC)c(C)cc(OC)c1C(=O)OC(C)C/C=C\C(C)OF.COC(C)(C)O. The van der Waals surface area contributed by atoms with Gasteiger partial charge in [0, 0.05) is 19.1 Å². The lowest BCUT2D eigenvalue weighted by Gasteiger charge is -2.19. The lowest BCUT2D eigenvalue weighted by atomic mass is 10.00. The first-order valence-electron chi connectivity index (χ1n) is 11.3. The van der Waals surface area contributed by atoms with Crippen molar-refractivity contribution in [2.24, 2.45) is 0 Å². The Morgan fingerprint density at radius 3 is 2.26 bits per heavy atom. The molecule has 0 aromatic heterocycles. The van der Waals surface area contributed by atoms with Crippen molar-refractivity contribution in [3.05, 3.63) is 41.0 Å². The molecule has 0 bridgehead atoms. The number of aryl methyl sites for hydroxylation is 1. The molecule has 8 heteroatoms. The molecule has 0 aliphatic rings. The molecule has 0 radical (unpaired) electrons. The van der Waals surface area contributed by atoms with E-state index in [-0.39, 0.29) is 0 Å². The van der Waals surface area contributed by atoms with Gasteiger partial charge in [0.25, 0.3) is 0 Å². The zero-order chi connectivity index (χ0) is 26.3. The Morgan fingerprint density at radius 1 is 1.18 bits per heavy atom. The first-order chi connectivity index (χ1) is 15.9. The highest BCUT2D eigenvalue weighted by molar-refractivity contribution is 5.98. The first kappa shape index (κ1) is 31.6. The molecule has 2 unspecified atom stereocenters. The first-order valence-corrected chi connectivity index (χ1v) is 11.3. The zero-order valence-corrected chi connectivity index (χ0v) is 21.9. The molecule has 0 spiro atoms. The summed E-state index contributed by atoms with van der Waals surface area (Å²) in [5, 5.41) is 8.60. The van der Waals surface area contributed by atoms with Crippen molar-refractivity contribution >= 4 is 12.0 Å². The number of benzene rings is 1. The molecule has 0 aliphatic heterocycles. The molecule has 1 rings (SSSR count). The molecule has 0 saturated carbocycles. The van der Waals surface area contributed by atoms with E-state index < -0.39 is 24.0 Å². The van der Waals surface area contributed by atoms with Crippen molar-refractivity contribution in [3.63, 3.8) is 0 Å². The van der Waals surface area contributed by atoms with Gasteiger partial charge in [0.15, 0.2) is 5.79 Å². The fraction of sp³-hybridized carbons (Fsp3) is 0.577. The summed E-state index contributed by atoms with van der Waals surface area (Å²) in [4.78, 5) is 16.6. The number of carbonyl (C=O) groups is 1. The lowest BCUT2D eigenvalue weighted by Crippen LogP contribution is -2.20. The van der Waals surface area contributed by atoms with E-state index in [1.807, 2.05) is 19.1 Å². The molecule has 34 heavy (non-hydrogen) atoms. The molecule has 0 heterocycles. The third-order valence-electron chi connectivity index (χ3n) is 4.66. The Bertz CT molecular complexity index is 797. The summed E-state index contributed by atoms with van der Waals surface area (Å²) in [7, 11) is 4.55. The molecule has 0 aliphatic carbocycles. The van der Waals surface area contributed by atoms with Crippen LogP contribution in [-0.4, -0.2) is 50.4 Å². The van der Waals surface area contributed by atoms with Crippen molar-refractivity contribution in [1.82, 2.24) is 0 Å². The number of allylic oxidation sites excluding steroid dienone is 1. The van der Waals surface area contributed by atoms with Crippen molar-refractivity contribution in [2.45, 2.75) is 78.8 Å². The van der Waals surface area contributed by atoms with Crippen LogP contribution in [0.3, 0.4) is 0 Å². The fourth-order valence-electron chi connectivity index (χ4n) is 2.74. The Hall–Kier alpha value is -2.42. The minimum atomic E-state index is -0.958. The van der Waals surface area contributed by atoms with E-state index in [0.717, 1.165) is 18.4 Å². The van der Waals surface area contributed by atoms with E-state index in [9.17, 15) is 9.32 Å². The van der Waals surface area contributed by atoms with Gasteiger partial charge in [0.2, 0.25) is 0 Å². The van der Waals surface area contributed by atoms with Crippen LogP contribution in [0.25, 0.3) is 6.08 Å². The Kier molecular flexibility index (Phi) is 15.1. The normalized spacial score (nSPS) is 13.4. The van der Waals surface area contributed by atoms with Gasteiger partial charge in [-0.05, 0) is 57.2 Å². The minimum Gasteiger partial charge on any atom is -0.496 e. The molecular formula is C26H41FO7. The number of esters is 1. The number of ether oxygens (including phenoxy) is 4. The van der Waals surface area contributed by atoms with Crippen molar-refractivity contribution in [2.75, 3.05) is 21.3 Å². The largest absolute Gasteiger partial charge is 0.496 e.